The van der Waals surface area contributed by atoms with Gasteiger partial charge < -0.3 is 4.74 Å². The Kier molecular flexibility index (Phi) is 4.33. The highest BCUT2D eigenvalue weighted by molar-refractivity contribution is 5.22. The van der Waals surface area contributed by atoms with E-state index in [0.717, 1.165) is 31.6 Å². The van der Waals surface area contributed by atoms with E-state index < -0.39 is 0 Å². The van der Waals surface area contributed by atoms with Crippen LogP contribution < -0.4 is 11.3 Å². The third kappa shape index (κ3) is 2.87. The molecule has 118 valence electrons. The van der Waals surface area contributed by atoms with E-state index in [2.05, 4.69) is 23.6 Å². The summed E-state index contributed by atoms with van der Waals surface area (Å²) >= 11 is 0. The van der Waals surface area contributed by atoms with Crippen LogP contribution in [0.2, 0.25) is 0 Å². The van der Waals surface area contributed by atoms with Crippen LogP contribution in [0.4, 0.5) is 0 Å². The standard InChI is InChI=1S/C16H28N4O/c1-3-14-13(11-20(2)19-14)15(18-17)12-6-9-21-16(10-12)7-4-5-8-16/h11-12,15,18H,3-10,17H2,1-2H3. The normalized spacial score (nSPS) is 26.3. The second-order valence-corrected chi connectivity index (χ2v) is 6.69. The predicted octanol–water partition coefficient (Wildman–Crippen LogP) is 2.23. The van der Waals surface area contributed by atoms with Crippen molar-refractivity contribution in [1.82, 2.24) is 15.2 Å². The first-order chi connectivity index (χ1) is 10.2. The fourth-order valence-corrected chi connectivity index (χ4v) is 4.29. The third-order valence-electron chi connectivity index (χ3n) is 5.30. The Morgan fingerprint density at radius 1 is 1.52 bits per heavy atom. The van der Waals surface area contributed by atoms with Crippen molar-refractivity contribution in [2.45, 2.75) is 63.5 Å². The maximum absolute atomic E-state index is 6.16. The number of ether oxygens (including phenoxy) is 1. The topological polar surface area (TPSA) is 65.1 Å². The number of nitrogens with two attached hydrogens (primary N) is 1. The van der Waals surface area contributed by atoms with Crippen molar-refractivity contribution in [2.24, 2.45) is 18.8 Å². The average molecular weight is 292 g/mol. The van der Waals surface area contributed by atoms with Gasteiger partial charge in [0.2, 0.25) is 0 Å². The Balaban J connectivity index is 1.82. The number of nitrogens with one attached hydrogen (secondary N) is 1. The molecule has 2 heterocycles. The van der Waals surface area contributed by atoms with Crippen molar-refractivity contribution in [2.75, 3.05) is 6.61 Å². The summed E-state index contributed by atoms with van der Waals surface area (Å²) in [6.07, 6.45) is 10.3. The van der Waals surface area contributed by atoms with Crippen LogP contribution in [0.25, 0.3) is 0 Å². The molecule has 1 spiro atoms. The largest absolute Gasteiger partial charge is 0.375 e. The van der Waals surface area contributed by atoms with Crippen molar-refractivity contribution in [3.63, 3.8) is 0 Å². The molecule has 21 heavy (non-hydrogen) atoms. The van der Waals surface area contributed by atoms with Crippen molar-refractivity contribution in [3.8, 4) is 0 Å². The maximum Gasteiger partial charge on any atom is 0.0686 e. The Hall–Kier alpha value is -0.910. The molecule has 0 amide bonds. The van der Waals surface area contributed by atoms with E-state index >= 15 is 0 Å². The quantitative estimate of drug-likeness (QED) is 0.660. The highest BCUT2D eigenvalue weighted by atomic mass is 16.5. The first kappa shape index (κ1) is 15.0. The van der Waals surface area contributed by atoms with Crippen LogP contribution in [0.1, 0.15) is 62.7 Å². The molecule has 0 aromatic carbocycles. The van der Waals surface area contributed by atoms with Gasteiger partial charge in [0.25, 0.3) is 0 Å². The van der Waals surface area contributed by atoms with Gasteiger partial charge >= 0.3 is 0 Å². The molecule has 3 rings (SSSR count). The molecule has 2 fully saturated rings. The summed E-state index contributed by atoms with van der Waals surface area (Å²) in [5.74, 6) is 6.47. The van der Waals surface area contributed by atoms with Crippen LogP contribution in [0, 0.1) is 5.92 Å². The van der Waals surface area contributed by atoms with E-state index in [1.807, 2.05) is 11.7 Å². The number of nitrogens with zero attached hydrogens (tertiary/aromatic N) is 2. The second kappa shape index (κ2) is 6.07. The van der Waals surface area contributed by atoms with Crippen LogP contribution in [0.5, 0.6) is 0 Å². The van der Waals surface area contributed by atoms with Gasteiger partial charge in [-0.25, -0.2) is 0 Å². The lowest BCUT2D eigenvalue weighted by atomic mass is 9.78. The zero-order chi connectivity index (χ0) is 14.9. The first-order valence-electron chi connectivity index (χ1n) is 8.30. The molecular formula is C16H28N4O. The van der Waals surface area contributed by atoms with Crippen LogP contribution in [0.15, 0.2) is 6.20 Å². The van der Waals surface area contributed by atoms with Gasteiger partial charge in [0, 0.05) is 25.4 Å². The fourth-order valence-electron chi connectivity index (χ4n) is 4.29. The molecule has 0 radical (unpaired) electrons. The molecule has 3 N–H and O–H groups in total. The Morgan fingerprint density at radius 2 is 2.29 bits per heavy atom. The molecule has 0 bridgehead atoms. The molecule has 1 aromatic heterocycles. The lowest BCUT2D eigenvalue weighted by Crippen LogP contribution is -2.43. The summed E-state index contributed by atoms with van der Waals surface area (Å²) < 4.78 is 8.07. The predicted molar refractivity (Wildman–Crippen MR) is 82.5 cm³/mol. The smallest absolute Gasteiger partial charge is 0.0686 e. The fraction of sp³-hybridized carbons (Fsp3) is 0.812. The minimum absolute atomic E-state index is 0.132. The van der Waals surface area contributed by atoms with E-state index in [9.17, 15) is 0 Å². The van der Waals surface area contributed by atoms with Crippen molar-refractivity contribution in [1.29, 1.82) is 0 Å². The minimum Gasteiger partial charge on any atom is -0.375 e. The van der Waals surface area contributed by atoms with Crippen LogP contribution in [-0.4, -0.2) is 22.0 Å². The molecule has 1 saturated heterocycles. The van der Waals surface area contributed by atoms with Gasteiger partial charge in [-0.1, -0.05) is 19.8 Å². The summed E-state index contributed by atoms with van der Waals surface area (Å²) in [5, 5.41) is 4.57. The average Bonchev–Trinajstić information content (AvgIpc) is 3.07. The van der Waals surface area contributed by atoms with E-state index in [0.29, 0.717) is 5.92 Å². The number of aromatic nitrogens is 2. The van der Waals surface area contributed by atoms with Gasteiger partial charge in [0.15, 0.2) is 0 Å². The minimum atomic E-state index is 0.132. The lowest BCUT2D eigenvalue weighted by Gasteiger charge is -2.41. The number of hydrogen-bond donors (Lipinski definition) is 2. The number of hydrogen-bond acceptors (Lipinski definition) is 4. The third-order valence-corrected chi connectivity index (χ3v) is 5.30. The molecule has 1 aromatic rings. The van der Waals surface area contributed by atoms with Gasteiger partial charge in [-0.3, -0.25) is 16.0 Å². The first-order valence-corrected chi connectivity index (χ1v) is 8.30. The van der Waals surface area contributed by atoms with Gasteiger partial charge in [-0.2, -0.15) is 5.10 Å². The molecular weight excluding hydrogens is 264 g/mol. The van der Waals surface area contributed by atoms with Crippen LogP contribution in [0.3, 0.4) is 0 Å². The molecule has 2 aliphatic rings. The highest BCUT2D eigenvalue weighted by Gasteiger charge is 2.42. The van der Waals surface area contributed by atoms with Gasteiger partial charge in [0.1, 0.15) is 0 Å². The number of hydrazine groups is 1. The Morgan fingerprint density at radius 3 is 2.95 bits per heavy atom. The van der Waals surface area contributed by atoms with Crippen LogP contribution in [-0.2, 0) is 18.2 Å². The zero-order valence-corrected chi connectivity index (χ0v) is 13.3. The zero-order valence-electron chi connectivity index (χ0n) is 13.3. The summed E-state index contributed by atoms with van der Waals surface area (Å²) in [7, 11) is 1.98. The molecule has 1 aliphatic heterocycles. The summed E-state index contributed by atoms with van der Waals surface area (Å²) in [6, 6.07) is 0.190. The van der Waals surface area contributed by atoms with Crippen LogP contribution >= 0.6 is 0 Å². The second-order valence-electron chi connectivity index (χ2n) is 6.69. The van der Waals surface area contributed by atoms with Gasteiger partial charge in [-0.05, 0) is 38.0 Å². The Bertz CT molecular complexity index is 479. The summed E-state index contributed by atoms with van der Waals surface area (Å²) in [4.78, 5) is 0. The van der Waals surface area contributed by atoms with E-state index in [-0.39, 0.29) is 11.6 Å². The molecule has 5 heteroatoms. The van der Waals surface area contributed by atoms with E-state index in [1.165, 1.54) is 31.2 Å². The maximum atomic E-state index is 6.16. The molecule has 2 atom stereocenters. The van der Waals surface area contributed by atoms with E-state index in [4.69, 9.17) is 10.6 Å². The lowest BCUT2D eigenvalue weighted by molar-refractivity contribution is -0.0982. The van der Waals surface area contributed by atoms with E-state index in [1.54, 1.807) is 0 Å². The SMILES string of the molecule is CCc1nn(C)cc1C(NN)C1CCOC2(CCCC2)C1. The summed E-state index contributed by atoms with van der Waals surface area (Å²) in [6.45, 7) is 3.02. The van der Waals surface area contributed by atoms with Crippen molar-refractivity contribution < 1.29 is 4.74 Å². The Labute approximate surface area is 127 Å². The monoisotopic (exact) mass is 292 g/mol. The molecule has 1 aliphatic carbocycles. The van der Waals surface area contributed by atoms with Gasteiger partial charge in [-0.15, -0.1) is 0 Å². The molecule has 2 unspecified atom stereocenters. The summed E-state index contributed by atoms with van der Waals surface area (Å²) in [5.41, 5.74) is 5.63. The number of aryl methyl sites for hydroxylation is 2. The van der Waals surface area contributed by atoms with Crippen molar-refractivity contribution in [3.05, 3.63) is 17.5 Å². The van der Waals surface area contributed by atoms with Gasteiger partial charge in [0.05, 0.1) is 17.3 Å². The molecule has 5 nitrogen and oxygen atoms in total. The number of rotatable bonds is 4. The molecule has 1 saturated carbocycles. The van der Waals surface area contributed by atoms with Crippen molar-refractivity contribution >= 4 is 0 Å². The highest BCUT2D eigenvalue weighted by Crippen LogP contribution is 2.45.